The summed E-state index contributed by atoms with van der Waals surface area (Å²) in [4.78, 5) is 24.3. The Morgan fingerprint density at radius 3 is 1.21 bits per heavy atom. The molecule has 0 fully saturated rings. The summed E-state index contributed by atoms with van der Waals surface area (Å²) in [6.07, 6.45) is 24.8. The third kappa shape index (κ3) is 28.4. The molecular formula is C30H58KO7S. The first-order valence-electron chi connectivity index (χ1n) is 15.6. The molecule has 9 heteroatoms. The Bertz CT molecular complexity index is 670. The monoisotopic (exact) mass is 601 g/mol. The van der Waals surface area contributed by atoms with E-state index in [9.17, 15) is 22.6 Å². The second-order valence-corrected chi connectivity index (χ2v) is 12.3. The van der Waals surface area contributed by atoms with Gasteiger partial charge in [-0.1, -0.05) is 142 Å². The van der Waals surface area contributed by atoms with E-state index in [4.69, 9.17) is 9.47 Å². The van der Waals surface area contributed by atoms with E-state index in [-0.39, 0.29) is 64.6 Å². The molecule has 1 unspecified atom stereocenters. The Balaban J connectivity index is 0. The van der Waals surface area contributed by atoms with Crippen molar-refractivity contribution in [1.29, 1.82) is 0 Å². The second kappa shape index (κ2) is 30.0. The largest absolute Gasteiger partial charge is 0.466 e. The van der Waals surface area contributed by atoms with Crippen LogP contribution in [0.4, 0.5) is 0 Å². The van der Waals surface area contributed by atoms with E-state index < -0.39 is 33.7 Å². The fourth-order valence-corrected chi connectivity index (χ4v) is 5.16. The van der Waals surface area contributed by atoms with Crippen LogP contribution in [-0.2, 0) is 29.2 Å². The van der Waals surface area contributed by atoms with Crippen molar-refractivity contribution in [1.82, 2.24) is 0 Å². The van der Waals surface area contributed by atoms with Crippen molar-refractivity contribution in [2.45, 2.75) is 167 Å². The maximum Gasteiger partial charge on any atom is 0.327 e. The van der Waals surface area contributed by atoms with Crippen molar-refractivity contribution < 1.29 is 32.0 Å². The quantitative estimate of drug-likeness (QED) is 0.0419. The first-order chi connectivity index (χ1) is 18.3. The minimum atomic E-state index is -4.76. The summed E-state index contributed by atoms with van der Waals surface area (Å²) >= 11 is 0. The van der Waals surface area contributed by atoms with E-state index in [1.807, 2.05) is 0 Å². The van der Waals surface area contributed by atoms with Gasteiger partial charge in [0.1, 0.15) is 0 Å². The van der Waals surface area contributed by atoms with Crippen molar-refractivity contribution in [2.75, 3.05) is 13.2 Å². The average Bonchev–Trinajstić information content (AvgIpc) is 2.87. The van der Waals surface area contributed by atoms with Crippen LogP contribution in [0.2, 0.25) is 0 Å². The molecule has 39 heavy (non-hydrogen) atoms. The van der Waals surface area contributed by atoms with E-state index in [2.05, 4.69) is 13.8 Å². The number of ether oxygens (including phenoxy) is 2. The van der Waals surface area contributed by atoms with Crippen molar-refractivity contribution in [3.05, 3.63) is 0 Å². The van der Waals surface area contributed by atoms with Crippen LogP contribution in [0.3, 0.4) is 0 Å². The van der Waals surface area contributed by atoms with Gasteiger partial charge in [-0.2, -0.15) is 8.42 Å². The molecule has 0 aromatic carbocycles. The molecule has 0 aliphatic heterocycles. The van der Waals surface area contributed by atoms with Crippen LogP contribution in [0.1, 0.15) is 162 Å². The molecule has 0 saturated heterocycles. The number of hydrogen-bond acceptors (Lipinski definition) is 6. The molecule has 0 rings (SSSR count). The average molecular weight is 602 g/mol. The SMILES string of the molecule is CCCCCCCCCCCCCOC(=O)CC(C(=O)OCCCCCCCCCCCCC)S(=O)(=O)O.[K]. The first-order valence-corrected chi connectivity index (χ1v) is 17.1. The zero-order chi connectivity index (χ0) is 28.3. The number of unbranched alkanes of at least 4 members (excludes halogenated alkanes) is 20. The predicted molar refractivity (Wildman–Crippen MR) is 161 cm³/mol. The Labute approximate surface area is 282 Å². The van der Waals surface area contributed by atoms with Crippen LogP contribution in [0.25, 0.3) is 0 Å². The molecule has 1 N–H and O–H groups in total. The molecule has 0 aromatic rings. The molecule has 0 aromatic heterocycles. The summed E-state index contributed by atoms with van der Waals surface area (Å²) in [7, 11) is -4.76. The Hall–Kier alpha value is 0.486. The molecule has 0 amide bonds. The first kappa shape index (κ1) is 41.6. The Morgan fingerprint density at radius 1 is 0.564 bits per heavy atom. The number of rotatable bonds is 28. The van der Waals surface area contributed by atoms with Crippen molar-refractivity contribution in [3.8, 4) is 0 Å². The third-order valence-electron chi connectivity index (χ3n) is 6.98. The van der Waals surface area contributed by atoms with Gasteiger partial charge in [-0.25, -0.2) is 0 Å². The van der Waals surface area contributed by atoms with Crippen molar-refractivity contribution >= 4 is 73.4 Å². The maximum absolute atomic E-state index is 12.2. The van der Waals surface area contributed by atoms with Crippen LogP contribution < -0.4 is 0 Å². The van der Waals surface area contributed by atoms with Gasteiger partial charge in [0, 0.05) is 51.4 Å². The van der Waals surface area contributed by atoms with Gasteiger partial charge in [-0.05, 0) is 12.8 Å². The third-order valence-corrected chi connectivity index (χ3v) is 8.06. The fraction of sp³-hybridized carbons (Fsp3) is 0.933. The molecule has 0 spiro atoms. The molecule has 0 heterocycles. The van der Waals surface area contributed by atoms with Crippen LogP contribution in [0, 0.1) is 0 Å². The molecule has 0 aliphatic carbocycles. The van der Waals surface area contributed by atoms with Gasteiger partial charge in [-0.15, -0.1) is 0 Å². The molecule has 1 radical (unpaired) electrons. The molecular weight excluding hydrogens is 543 g/mol. The van der Waals surface area contributed by atoms with E-state index >= 15 is 0 Å². The van der Waals surface area contributed by atoms with Gasteiger partial charge < -0.3 is 9.47 Å². The van der Waals surface area contributed by atoms with E-state index in [0.29, 0.717) is 12.8 Å². The normalized spacial score (nSPS) is 12.1. The molecule has 227 valence electrons. The Kier molecular flexibility index (Phi) is 32.0. The predicted octanol–water partition coefficient (Wildman–Crippen LogP) is 7.96. The molecule has 0 bridgehead atoms. The summed E-state index contributed by atoms with van der Waals surface area (Å²) in [5.74, 6) is -1.91. The molecule has 0 saturated carbocycles. The topological polar surface area (TPSA) is 107 Å². The van der Waals surface area contributed by atoms with Crippen molar-refractivity contribution in [2.24, 2.45) is 0 Å². The number of esters is 2. The van der Waals surface area contributed by atoms with Gasteiger partial charge in [-0.3, -0.25) is 14.1 Å². The molecule has 1 atom stereocenters. The summed E-state index contributed by atoms with van der Waals surface area (Å²) in [6, 6.07) is 0. The zero-order valence-electron chi connectivity index (χ0n) is 25.6. The second-order valence-electron chi connectivity index (χ2n) is 10.7. The summed E-state index contributed by atoms with van der Waals surface area (Å²) < 4.78 is 42.9. The minimum absolute atomic E-state index is 0. The van der Waals surface area contributed by atoms with Gasteiger partial charge in [0.15, 0.2) is 5.25 Å². The van der Waals surface area contributed by atoms with Crippen molar-refractivity contribution in [3.63, 3.8) is 0 Å². The molecule has 0 aliphatic rings. The van der Waals surface area contributed by atoms with Gasteiger partial charge in [0.05, 0.1) is 19.6 Å². The summed E-state index contributed by atoms with van der Waals surface area (Å²) in [5.41, 5.74) is 0. The number of carbonyl (C=O) groups excluding carboxylic acids is 2. The summed E-state index contributed by atoms with van der Waals surface area (Å²) in [5, 5.41) is -1.93. The summed E-state index contributed by atoms with van der Waals surface area (Å²) in [6.45, 7) is 4.70. The standard InChI is InChI=1S/C30H58O7S.K/c1-3-5-7-9-11-13-15-17-19-21-23-25-36-29(31)27-28(38(33,34)35)30(32)37-26-24-22-20-18-16-14-12-10-8-6-4-2;/h28H,3-27H2,1-2H3,(H,33,34,35);. The van der Waals surface area contributed by atoms with E-state index in [1.54, 1.807) is 0 Å². The van der Waals surface area contributed by atoms with Crippen LogP contribution >= 0.6 is 0 Å². The van der Waals surface area contributed by atoms with Gasteiger partial charge in [0.25, 0.3) is 10.1 Å². The van der Waals surface area contributed by atoms with Gasteiger partial charge >= 0.3 is 11.9 Å². The van der Waals surface area contributed by atoms with Crippen LogP contribution in [-0.4, -0.2) is 94.8 Å². The Morgan fingerprint density at radius 2 is 0.872 bits per heavy atom. The zero-order valence-corrected chi connectivity index (χ0v) is 29.5. The van der Waals surface area contributed by atoms with Crippen LogP contribution in [0.5, 0.6) is 0 Å². The fourth-order valence-electron chi connectivity index (χ4n) is 4.50. The van der Waals surface area contributed by atoms with Crippen LogP contribution in [0.15, 0.2) is 0 Å². The van der Waals surface area contributed by atoms with E-state index in [1.165, 1.54) is 89.9 Å². The van der Waals surface area contributed by atoms with E-state index in [0.717, 1.165) is 38.5 Å². The number of carbonyl (C=O) groups is 2. The number of hydrogen-bond donors (Lipinski definition) is 1. The van der Waals surface area contributed by atoms with Gasteiger partial charge in [0.2, 0.25) is 0 Å². The smallest absolute Gasteiger partial charge is 0.327 e. The molecule has 7 nitrogen and oxygen atoms in total. The minimum Gasteiger partial charge on any atom is -0.466 e. The maximum atomic E-state index is 12.2.